The fourth-order valence-electron chi connectivity index (χ4n) is 3.41. The summed E-state index contributed by atoms with van der Waals surface area (Å²) >= 11 is 0. The second-order valence-electron chi connectivity index (χ2n) is 9.71. The van der Waals surface area contributed by atoms with Crippen LogP contribution in [0.15, 0.2) is 34.9 Å². The number of rotatable bonds is 12. The Kier molecular flexibility index (Phi) is 9.56. The summed E-state index contributed by atoms with van der Waals surface area (Å²) < 4.78 is 5.68. The number of aliphatic hydroxyl groups excluding tert-OH is 1. The van der Waals surface area contributed by atoms with Gasteiger partial charge in [0.2, 0.25) is 0 Å². The van der Waals surface area contributed by atoms with E-state index in [0.29, 0.717) is 6.10 Å². The number of aliphatic hydroxyl groups is 1. The third kappa shape index (κ3) is 10.5. The zero-order chi connectivity index (χ0) is 19.8. The van der Waals surface area contributed by atoms with Gasteiger partial charge in [0.15, 0.2) is 0 Å². The van der Waals surface area contributed by atoms with E-state index in [9.17, 15) is 0 Å². The van der Waals surface area contributed by atoms with Gasteiger partial charge in [0.1, 0.15) is 0 Å². The van der Waals surface area contributed by atoms with E-state index in [4.69, 9.17) is 9.84 Å². The summed E-state index contributed by atoms with van der Waals surface area (Å²) in [6.45, 7) is 16.3. The summed E-state index contributed by atoms with van der Waals surface area (Å²) in [6, 6.07) is 1.30. The Bertz CT molecular complexity index is 521. The lowest BCUT2D eigenvalue weighted by molar-refractivity contribution is 0.320. The molecular weight excluding hydrogens is 336 g/mol. The van der Waals surface area contributed by atoms with E-state index in [1.54, 1.807) is 5.57 Å². The van der Waals surface area contributed by atoms with Crippen LogP contribution in [0.2, 0.25) is 25.7 Å². The van der Waals surface area contributed by atoms with Crippen LogP contribution >= 0.6 is 0 Å². The maximum Gasteiger partial charge on any atom is 0.0892 e. The van der Waals surface area contributed by atoms with E-state index >= 15 is 0 Å². The van der Waals surface area contributed by atoms with E-state index in [1.165, 1.54) is 23.6 Å². The lowest BCUT2D eigenvalue weighted by atomic mass is 10.0. The molecule has 0 amide bonds. The van der Waals surface area contributed by atoms with Gasteiger partial charge in [-0.15, -0.1) is 0 Å². The summed E-state index contributed by atoms with van der Waals surface area (Å²) in [5.74, 6) is 0. The minimum atomic E-state index is -1.09. The van der Waals surface area contributed by atoms with Crippen LogP contribution in [0.1, 0.15) is 66.2 Å². The first-order valence-electron chi connectivity index (χ1n) is 10.3. The SMILES string of the molecule is C/C(=C\CO)CC/C=C(/CC/C=C(\C)CCC1OC1(C)C)C[Si](C)(C)C. The molecule has 26 heavy (non-hydrogen) atoms. The fraction of sp³-hybridized carbons (Fsp3) is 0.739. The summed E-state index contributed by atoms with van der Waals surface area (Å²) in [5.41, 5.74) is 4.55. The topological polar surface area (TPSA) is 32.8 Å². The molecule has 0 aromatic carbocycles. The van der Waals surface area contributed by atoms with E-state index in [1.807, 2.05) is 6.08 Å². The molecule has 0 saturated carbocycles. The van der Waals surface area contributed by atoms with Crippen LogP contribution in [-0.4, -0.2) is 31.5 Å². The smallest absolute Gasteiger partial charge is 0.0892 e. The molecule has 1 aliphatic rings. The van der Waals surface area contributed by atoms with Gasteiger partial charge in [-0.25, -0.2) is 0 Å². The summed E-state index contributed by atoms with van der Waals surface area (Å²) in [4.78, 5) is 0. The number of hydrogen-bond acceptors (Lipinski definition) is 2. The Labute approximate surface area is 163 Å². The minimum absolute atomic E-state index is 0.121. The van der Waals surface area contributed by atoms with E-state index < -0.39 is 8.07 Å². The second kappa shape index (κ2) is 10.6. The highest BCUT2D eigenvalue weighted by Gasteiger charge is 2.46. The molecule has 0 aromatic rings. The predicted molar refractivity (Wildman–Crippen MR) is 117 cm³/mol. The van der Waals surface area contributed by atoms with E-state index in [-0.39, 0.29) is 12.2 Å². The van der Waals surface area contributed by atoms with Crippen molar-refractivity contribution >= 4 is 8.07 Å². The molecule has 1 rings (SSSR count). The molecule has 150 valence electrons. The zero-order valence-corrected chi connectivity index (χ0v) is 19.3. The van der Waals surface area contributed by atoms with Crippen molar-refractivity contribution in [2.24, 2.45) is 0 Å². The lowest BCUT2D eigenvalue weighted by Crippen LogP contribution is -2.19. The fourth-order valence-corrected chi connectivity index (χ4v) is 5.09. The van der Waals surface area contributed by atoms with Gasteiger partial charge in [0.05, 0.1) is 18.3 Å². The highest BCUT2D eigenvalue weighted by Crippen LogP contribution is 2.39. The number of allylic oxidation sites excluding steroid dienone is 5. The Hall–Kier alpha value is -0.643. The summed E-state index contributed by atoms with van der Waals surface area (Å²) in [7, 11) is -1.09. The Morgan fingerprint density at radius 3 is 2.08 bits per heavy atom. The normalized spacial score (nSPS) is 21.2. The average molecular weight is 379 g/mol. The lowest BCUT2D eigenvalue weighted by Gasteiger charge is -2.18. The van der Waals surface area contributed by atoms with Crippen molar-refractivity contribution in [1.29, 1.82) is 0 Å². The molecular formula is C23H42O2Si. The Balaban J connectivity index is 2.46. The van der Waals surface area contributed by atoms with Crippen LogP contribution in [0.5, 0.6) is 0 Å². The van der Waals surface area contributed by atoms with Gasteiger partial charge in [0.25, 0.3) is 0 Å². The standard InChI is InChI=1S/C23H42O2Si/c1-19(14-15-22-23(3,4)25-22)10-8-12-21(18-26(5,6)7)13-9-11-20(2)16-17-24/h10,13,16,22,24H,8-9,11-12,14-15,17-18H2,1-7H3/b19-10+,20-16+,21-13-. The second-order valence-corrected chi connectivity index (χ2v) is 15.2. The maximum absolute atomic E-state index is 8.98. The molecule has 0 aromatic heterocycles. The molecule has 1 saturated heterocycles. The van der Waals surface area contributed by atoms with Gasteiger partial charge in [-0.05, 0) is 72.3 Å². The monoisotopic (exact) mass is 378 g/mol. The van der Waals surface area contributed by atoms with Crippen molar-refractivity contribution in [1.82, 2.24) is 0 Å². The summed E-state index contributed by atoms with van der Waals surface area (Å²) in [6.07, 6.45) is 14.1. The Morgan fingerprint density at radius 1 is 0.962 bits per heavy atom. The van der Waals surface area contributed by atoms with Crippen molar-refractivity contribution in [3.8, 4) is 0 Å². The van der Waals surface area contributed by atoms with Crippen LogP contribution in [0.3, 0.4) is 0 Å². The van der Waals surface area contributed by atoms with E-state index in [2.05, 4.69) is 59.5 Å². The van der Waals surface area contributed by atoms with Crippen molar-refractivity contribution in [2.75, 3.05) is 6.61 Å². The molecule has 1 unspecified atom stereocenters. The molecule has 1 atom stereocenters. The first-order chi connectivity index (χ1) is 12.0. The van der Waals surface area contributed by atoms with Crippen LogP contribution < -0.4 is 0 Å². The van der Waals surface area contributed by atoms with Crippen LogP contribution in [0, 0.1) is 0 Å². The van der Waals surface area contributed by atoms with Crippen molar-refractivity contribution in [2.45, 2.75) is 104 Å². The molecule has 1 heterocycles. The molecule has 2 nitrogen and oxygen atoms in total. The third-order valence-corrected chi connectivity index (χ3v) is 6.61. The van der Waals surface area contributed by atoms with Crippen molar-refractivity contribution in [3.63, 3.8) is 0 Å². The van der Waals surface area contributed by atoms with Gasteiger partial charge in [0, 0.05) is 8.07 Å². The minimum Gasteiger partial charge on any atom is -0.392 e. The van der Waals surface area contributed by atoms with E-state index in [0.717, 1.165) is 32.1 Å². The zero-order valence-electron chi connectivity index (χ0n) is 18.3. The highest BCUT2D eigenvalue weighted by molar-refractivity contribution is 6.76. The molecule has 0 spiro atoms. The van der Waals surface area contributed by atoms with Crippen molar-refractivity contribution < 1.29 is 9.84 Å². The quantitative estimate of drug-likeness (QED) is 0.234. The van der Waals surface area contributed by atoms with Crippen LogP contribution in [0.25, 0.3) is 0 Å². The largest absolute Gasteiger partial charge is 0.392 e. The third-order valence-electron chi connectivity index (χ3n) is 5.09. The number of ether oxygens (including phenoxy) is 1. The molecule has 1 N–H and O–H groups in total. The Morgan fingerprint density at radius 2 is 1.54 bits per heavy atom. The highest BCUT2D eigenvalue weighted by atomic mass is 28.3. The van der Waals surface area contributed by atoms with Gasteiger partial charge >= 0.3 is 0 Å². The first-order valence-corrected chi connectivity index (χ1v) is 14.0. The molecule has 0 aliphatic carbocycles. The molecule has 3 heteroatoms. The van der Waals surface area contributed by atoms with Crippen LogP contribution in [-0.2, 0) is 4.74 Å². The molecule has 1 aliphatic heterocycles. The molecule has 0 bridgehead atoms. The first kappa shape index (κ1) is 23.4. The van der Waals surface area contributed by atoms with Gasteiger partial charge < -0.3 is 9.84 Å². The molecule has 0 radical (unpaired) electrons. The number of hydrogen-bond donors (Lipinski definition) is 1. The van der Waals surface area contributed by atoms with Gasteiger partial charge in [-0.1, -0.05) is 54.6 Å². The number of epoxide rings is 1. The van der Waals surface area contributed by atoms with Gasteiger partial charge in [-0.3, -0.25) is 0 Å². The molecule has 1 fully saturated rings. The predicted octanol–water partition coefficient (Wildman–Crippen LogP) is 6.65. The van der Waals surface area contributed by atoms with Crippen molar-refractivity contribution in [3.05, 3.63) is 34.9 Å². The van der Waals surface area contributed by atoms with Crippen LogP contribution in [0.4, 0.5) is 0 Å². The summed E-state index contributed by atoms with van der Waals surface area (Å²) in [5, 5.41) is 8.98. The average Bonchev–Trinajstić information content (AvgIpc) is 3.11. The van der Waals surface area contributed by atoms with Gasteiger partial charge in [-0.2, -0.15) is 0 Å². The maximum atomic E-state index is 8.98.